The summed E-state index contributed by atoms with van der Waals surface area (Å²) >= 11 is 0. The third-order valence-corrected chi connectivity index (χ3v) is 17.8. The molecule has 0 N–H and O–H groups in total. The maximum absolute atomic E-state index is 2.51. The van der Waals surface area contributed by atoms with Crippen molar-refractivity contribution in [2.24, 2.45) is 0 Å². The maximum atomic E-state index is 2.51. The van der Waals surface area contributed by atoms with Crippen LogP contribution in [-0.2, 0) is 17.3 Å². The summed E-state index contributed by atoms with van der Waals surface area (Å²) in [6.45, 7) is 8.85. The van der Waals surface area contributed by atoms with Crippen LogP contribution in [0.3, 0.4) is 0 Å². The molecule has 0 unspecified atom stereocenters. The Bertz CT molecular complexity index is 4290. The lowest BCUT2D eigenvalue weighted by Gasteiger charge is -2.34. The predicted octanol–water partition coefficient (Wildman–Crippen LogP) is 20.2. The van der Waals surface area contributed by atoms with Crippen LogP contribution < -0.4 is 9.80 Å². The van der Waals surface area contributed by atoms with E-state index in [2.05, 4.69) is 317 Å². The molecule has 2 nitrogen and oxygen atoms in total. The average Bonchev–Trinajstić information content (AvgIpc) is 4.36. The molecule has 0 aromatic heterocycles. The second-order valence-electron chi connectivity index (χ2n) is 22.7. The lowest BCUT2D eigenvalue weighted by molar-refractivity contribution is 0.768. The SMILES string of the molecule is Cc1cc(C)cc(N(c2ccc(C3(c4ccccc4)c4ccccc4-c4ccccc43)cc2)c2ccc3c(c2)-c2cccc(N(c4ccc(C5(c6ccccc6)c6ccccc6-c6ccccc65)cc4)c4cc(C)cc(C)c4)c2C3)c1. The van der Waals surface area contributed by atoms with Gasteiger partial charge in [-0.3, -0.25) is 0 Å². The first kappa shape index (κ1) is 48.4. The molecular formula is C79H60N2. The zero-order chi connectivity index (χ0) is 54.4. The van der Waals surface area contributed by atoms with Crippen LogP contribution >= 0.6 is 0 Å². The van der Waals surface area contributed by atoms with E-state index in [1.807, 2.05) is 0 Å². The zero-order valence-electron chi connectivity index (χ0n) is 46.2. The van der Waals surface area contributed by atoms with Gasteiger partial charge in [-0.05, 0) is 206 Å². The number of fused-ring (bicyclic) bond motifs is 9. The molecule has 0 saturated heterocycles. The second-order valence-corrected chi connectivity index (χ2v) is 22.7. The molecule has 12 aromatic rings. The van der Waals surface area contributed by atoms with Crippen LogP contribution in [0.15, 0.2) is 279 Å². The van der Waals surface area contributed by atoms with Crippen molar-refractivity contribution >= 4 is 34.1 Å². The fourth-order valence-electron chi connectivity index (χ4n) is 14.7. The van der Waals surface area contributed by atoms with Crippen LogP contribution in [0.1, 0.15) is 77.9 Å². The predicted molar refractivity (Wildman–Crippen MR) is 338 cm³/mol. The van der Waals surface area contributed by atoms with Crippen molar-refractivity contribution in [1.29, 1.82) is 0 Å². The highest BCUT2D eigenvalue weighted by atomic mass is 15.2. The summed E-state index contributed by atoms with van der Waals surface area (Å²) in [6.07, 6.45) is 0.827. The van der Waals surface area contributed by atoms with Crippen molar-refractivity contribution in [2.75, 3.05) is 9.80 Å². The lowest BCUT2D eigenvalue weighted by Crippen LogP contribution is -2.28. The van der Waals surface area contributed by atoms with E-state index < -0.39 is 10.8 Å². The summed E-state index contributed by atoms with van der Waals surface area (Å²) < 4.78 is 0. The van der Waals surface area contributed by atoms with E-state index in [0.29, 0.717) is 0 Å². The molecule has 3 aliphatic rings. The minimum absolute atomic E-state index is 0.474. The molecule has 0 atom stereocenters. The molecular weight excluding hydrogens is 977 g/mol. The largest absolute Gasteiger partial charge is 0.310 e. The van der Waals surface area contributed by atoms with E-state index >= 15 is 0 Å². The molecule has 386 valence electrons. The summed E-state index contributed by atoms with van der Waals surface area (Å²) in [5.41, 5.74) is 31.6. The van der Waals surface area contributed by atoms with Gasteiger partial charge < -0.3 is 9.80 Å². The first-order chi connectivity index (χ1) is 39.8. The van der Waals surface area contributed by atoms with Crippen LogP contribution in [-0.4, -0.2) is 0 Å². The molecule has 0 radical (unpaired) electrons. The summed E-state index contributed by atoms with van der Waals surface area (Å²) in [7, 11) is 0. The van der Waals surface area contributed by atoms with Gasteiger partial charge in [0.1, 0.15) is 0 Å². The Morgan fingerprint density at radius 3 is 1.06 bits per heavy atom. The average molecular weight is 1040 g/mol. The Labute approximate surface area is 476 Å². The van der Waals surface area contributed by atoms with Crippen molar-refractivity contribution in [3.05, 3.63) is 357 Å². The van der Waals surface area contributed by atoms with E-state index in [0.717, 1.165) is 34.9 Å². The van der Waals surface area contributed by atoms with Crippen molar-refractivity contribution < 1.29 is 0 Å². The normalized spacial score (nSPS) is 13.6. The topological polar surface area (TPSA) is 6.48 Å². The molecule has 0 heterocycles. The highest BCUT2D eigenvalue weighted by molar-refractivity contribution is 5.92. The molecule has 2 heteroatoms. The number of nitrogens with zero attached hydrogens (tertiary/aromatic N) is 2. The third-order valence-electron chi connectivity index (χ3n) is 17.8. The van der Waals surface area contributed by atoms with E-state index in [9.17, 15) is 0 Å². The Kier molecular flexibility index (Phi) is 11.3. The molecule has 0 spiro atoms. The van der Waals surface area contributed by atoms with Gasteiger partial charge in [-0.1, -0.05) is 212 Å². The molecule has 0 fully saturated rings. The van der Waals surface area contributed by atoms with Crippen LogP contribution in [0, 0.1) is 27.7 Å². The van der Waals surface area contributed by atoms with Crippen molar-refractivity contribution in [3.8, 4) is 33.4 Å². The van der Waals surface area contributed by atoms with Gasteiger partial charge in [-0.15, -0.1) is 0 Å². The summed E-state index contributed by atoms with van der Waals surface area (Å²) in [6, 6.07) is 105. The van der Waals surface area contributed by atoms with E-state index in [1.165, 1.54) is 117 Å². The number of aryl methyl sites for hydroxylation is 4. The van der Waals surface area contributed by atoms with E-state index in [-0.39, 0.29) is 0 Å². The summed E-state index contributed by atoms with van der Waals surface area (Å²) in [5.74, 6) is 0. The quantitative estimate of drug-likeness (QED) is 0.135. The zero-order valence-corrected chi connectivity index (χ0v) is 46.2. The van der Waals surface area contributed by atoms with E-state index in [1.54, 1.807) is 0 Å². The smallest absolute Gasteiger partial charge is 0.0713 e. The Hall–Kier alpha value is -9.76. The Morgan fingerprint density at radius 1 is 0.259 bits per heavy atom. The van der Waals surface area contributed by atoms with Crippen LogP contribution in [0.2, 0.25) is 0 Å². The highest BCUT2D eigenvalue weighted by Crippen LogP contribution is 2.58. The standard InChI is InChI=1S/C79H60N2/c1-52-44-53(2)47-64(46-52)80(61-40-35-59(36-41-61)78(57-20-7-5-8-21-57)73-29-15-11-24-67(73)68-25-12-16-30-74(68)78)63-39-34-56-50-72-66(71(56)51-63)28-19-33-77(72)81(65-48-54(3)45-55(4)49-65)62-42-37-60(38-43-62)79(58-22-9-6-10-23-58)75-31-17-13-26-69(75)70-27-14-18-32-76(70)79/h5-49,51H,50H2,1-4H3. The minimum Gasteiger partial charge on any atom is -0.310 e. The van der Waals surface area contributed by atoms with Gasteiger partial charge in [-0.2, -0.15) is 0 Å². The number of hydrogen-bond acceptors (Lipinski definition) is 2. The third kappa shape index (κ3) is 7.47. The van der Waals surface area contributed by atoms with Gasteiger partial charge in [0.15, 0.2) is 0 Å². The molecule has 0 aliphatic heterocycles. The molecule has 0 bridgehead atoms. The number of hydrogen-bond donors (Lipinski definition) is 0. The molecule has 0 amide bonds. The Balaban J connectivity index is 0.852. The maximum Gasteiger partial charge on any atom is 0.0713 e. The van der Waals surface area contributed by atoms with Crippen LogP contribution in [0.4, 0.5) is 34.1 Å². The van der Waals surface area contributed by atoms with Crippen molar-refractivity contribution in [1.82, 2.24) is 0 Å². The van der Waals surface area contributed by atoms with Crippen molar-refractivity contribution in [3.63, 3.8) is 0 Å². The van der Waals surface area contributed by atoms with Crippen LogP contribution in [0.5, 0.6) is 0 Å². The molecule has 0 saturated carbocycles. The minimum atomic E-state index is -0.475. The van der Waals surface area contributed by atoms with Gasteiger partial charge >= 0.3 is 0 Å². The first-order valence-corrected chi connectivity index (χ1v) is 28.5. The van der Waals surface area contributed by atoms with Gasteiger partial charge in [-0.25, -0.2) is 0 Å². The molecule has 3 aliphatic carbocycles. The Morgan fingerprint density at radius 2 is 0.617 bits per heavy atom. The number of anilines is 6. The fourth-order valence-corrected chi connectivity index (χ4v) is 14.7. The molecule has 81 heavy (non-hydrogen) atoms. The highest BCUT2D eigenvalue weighted by Gasteiger charge is 2.47. The fraction of sp³-hybridized carbons (Fsp3) is 0.0886. The van der Waals surface area contributed by atoms with Gasteiger partial charge in [0.2, 0.25) is 0 Å². The number of rotatable bonds is 10. The van der Waals surface area contributed by atoms with Crippen molar-refractivity contribution in [2.45, 2.75) is 44.9 Å². The van der Waals surface area contributed by atoms with Gasteiger partial charge in [0, 0.05) is 34.9 Å². The second kappa shape index (κ2) is 19.0. The van der Waals surface area contributed by atoms with Gasteiger partial charge in [0.05, 0.1) is 16.5 Å². The number of benzene rings is 12. The molecule has 12 aromatic carbocycles. The summed E-state index contributed by atoms with van der Waals surface area (Å²) in [4.78, 5) is 4.97. The molecule has 15 rings (SSSR count). The van der Waals surface area contributed by atoms with Crippen LogP contribution in [0.25, 0.3) is 33.4 Å². The van der Waals surface area contributed by atoms with E-state index in [4.69, 9.17) is 0 Å². The summed E-state index contributed by atoms with van der Waals surface area (Å²) in [5, 5.41) is 0. The monoisotopic (exact) mass is 1040 g/mol. The van der Waals surface area contributed by atoms with Gasteiger partial charge in [0.25, 0.3) is 0 Å². The first-order valence-electron chi connectivity index (χ1n) is 28.5. The lowest BCUT2D eigenvalue weighted by atomic mass is 9.68.